The second-order valence-electron chi connectivity index (χ2n) is 9.47. The molecule has 2 aromatic carbocycles. The maximum atomic E-state index is 12.2. The summed E-state index contributed by atoms with van der Waals surface area (Å²) >= 11 is 0. The van der Waals surface area contributed by atoms with Crippen molar-refractivity contribution in [3.8, 4) is 0 Å². The van der Waals surface area contributed by atoms with Crippen LogP contribution >= 0.6 is 0 Å². The first-order chi connectivity index (χ1) is 18.2. The average Bonchev–Trinajstić information content (AvgIpc) is 3.45. The normalized spacial score (nSPS) is 20.5. The van der Waals surface area contributed by atoms with E-state index in [4.69, 9.17) is 4.74 Å². The van der Waals surface area contributed by atoms with Gasteiger partial charge in [-0.25, -0.2) is 9.79 Å². The molecule has 5 rings (SSSR count). The number of amides is 2. The molecule has 2 atom stereocenters. The van der Waals surface area contributed by atoms with Crippen molar-refractivity contribution < 1.29 is 9.53 Å². The molecule has 2 amide bonds. The lowest BCUT2D eigenvalue weighted by molar-refractivity contribution is 0.198. The van der Waals surface area contributed by atoms with E-state index in [2.05, 4.69) is 43.0 Å². The molecule has 3 aliphatic rings. The van der Waals surface area contributed by atoms with Crippen molar-refractivity contribution in [2.24, 2.45) is 15.9 Å². The van der Waals surface area contributed by atoms with E-state index >= 15 is 0 Å². The third kappa shape index (κ3) is 7.07. The number of anilines is 2. The number of carbonyl (C=O) groups is 1. The zero-order chi connectivity index (χ0) is 25.3. The van der Waals surface area contributed by atoms with E-state index in [0.717, 1.165) is 42.4 Å². The molecule has 2 unspecified atom stereocenters. The van der Waals surface area contributed by atoms with Crippen LogP contribution in [0.2, 0.25) is 0 Å². The number of carbonyl (C=O) groups excluding carboxylic acids is 1. The first-order valence-electron chi connectivity index (χ1n) is 13.0. The molecule has 1 fully saturated rings. The Morgan fingerprint density at radius 1 is 1.03 bits per heavy atom. The number of amidine groups is 1. The van der Waals surface area contributed by atoms with Gasteiger partial charge in [0.1, 0.15) is 17.9 Å². The quantitative estimate of drug-likeness (QED) is 0.433. The van der Waals surface area contributed by atoms with Gasteiger partial charge < -0.3 is 25.6 Å². The lowest BCUT2D eigenvalue weighted by Crippen LogP contribution is -2.34. The number of hydrogen-bond acceptors (Lipinski definition) is 6. The molecule has 1 aliphatic carbocycles. The third-order valence-electron chi connectivity index (χ3n) is 6.72. The lowest BCUT2D eigenvalue weighted by Gasteiger charge is -2.27. The van der Waals surface area contributed by atoms with Gasteiger partial charge in [0.15, 0.2) is 0 Å². The summed E-state index contributed by atoms with van der Waals surface area (Å²) in [5.41, 5.74) is 2.66. The highest BCUT2D eigenvalue weighted by Gasteiger charge is 2.28. The van der Waals surface area contributed by atoms with Crippen LogP contribution in [0.5, 0.6) is 0 Å². The van der Waals surface area contributed by atoms with Crippen LogP contribution in [0.25, 0.3) is 0 Å². The number of hydrogen-bond donors (Lipinski definition) is 3. The summed E-state index contributed by atoms with van der Waals surface area (Å²) < 4.78 is 6.01. The molecule has 2 heterocycles. The maximum absolute atomic E-state index is 12.2. The number of ether oxygens (including phenoxy) is 1. The van der Waals surface area contributed by atoms with Crippen molar-refractivity contribution in [3.63, 3.8) is 0 Å². The van der Waals surface area contributed by atoms with Gasteiger partial charge in [-0.3, -0.25) is 4.99 Å². The number of allylic oxidation sites excluding steroid dienone is 1. The van der Waals surface area contributed by atoms with Gasteiger partial charge in [-0.2, -0.15) is 0 Å². The van der Waals surface area contributed by atoms with E-state index in [-0.39, 0.29) is 18.0 Å². The molecule has 0 spiro atoms. The van der Waals surface area contributed by atoms with Crippen LogP contribution in [0.4, 0.5) is 16.2 Å². The van der Waals surface area contributed by atoms with E-state index in [1.165, 1.54) is 25.9 Å². The standard InChI is InChI=1S/C29H34N6O2/c36-29(30-20-22-7-2-1-3-8-22)34-24-11-9-23(10-12-24)33-28-26-14-13-25(19-27(26)31-21-32-28)37-18-6-17-35-15-4-5-16-35/h1-3,7-14,19,21,26-27H,4-6,15-18,20H2,(H2,30,34,36)(H,31,32,33). The Balaban J connectivity index is 1.08. The van der Waals surface area contributed by atoms with Crippen molar-refractivity contribution in [2.45, 2.75) is 31.8 Å². The highest BCUT2D eigenvalue weighted by Crippen LogP contribution is 2.25. The minimum absolute atomic E-state index is 0.0310. The highest BCUT2D eigenvalue weighted by atomic mass is 16.5. The molecule has 0 bridgehead atoms. The Hall–Kier alpha value is -3.91. The SMILES string of the molecule is O=C(NCc1ccccc1)Nc1ccc(NC2=NC=NC3C=C(OCCCN4CCCC4)C=CC23)cc1. The molecule has 2 aromatic rings. The van der Waals surface area contributed by atoms with Gasteiger partial charge in [-0.15, -0.1) is 0 Å². The zero-order valence-electron chi connectivity index (χ0n) is 21.0. The largest absolute Gasteiger partial charge is 0.494 e. The number of nitrogens with zero attached hydrogens (tertiary/aromatic N) is 3. The fourth-order valence-corrected chi connectivity index (χ4v) is 4.72. The van der Waals surface area contributed by atoms with Crippen LogP contribution in [0.3, 0.4) is 0 Å². The summed E-state index contributed by atoms with van der Waals surface area (Å²) in [6.45, 7) is 4.74. The average molecular weight is 499 g/mol. The molecule has 2 aliphatic heterocycles. The molecule has 3 N–H and O–H groups in total. The lowest BCUT2D eigenvalue weighted by atomic mass is 9.92. The highest BCUT2D eigenvalue weighted by molar-refractivity contribution is 6.04. The van der Waals surface area contributed by atoms with Crippen LogP contribution in [0, 0.1) is 5.92 Å². The van der Waals surface area contributed by atoms with Crippen LogP contribution in [0.15, 0.2) is 88.6 Å². The number of urea groups is 1. The topological polar surface area (TPSA) is 90.4 Å². The number of rotatable bonds is 9. The molecule has 0 radical (unpaired) electrons. The predicted molar refractivity (Wildman–Crippen MR) is 149 cm³/mol. The first kappa shape index (κ1) is 24.8. The van der Waals surface area contributed by atoms with Gasteiger partial charge in [0, 0.05) is 24.5 Å². The Labute approximate surface area is 218 Å². The van der Waals surface area contributed by atoms with Crippen LogP contribution in [0.1, 0.15) is 24.8 Å². The zero-order valence-corrected chi connectivity index (χ0v) is 21.0. The summed E-state index contributed by atoms with van der Waals surface area (Å²) in [6, 6.07) is 17.1. The molecule has 1 saturated heterocycles. The van der Waals surface area contributed by atoms with Crippen molar-refractivity contribution in [1.82, 2.24) is 10.2 Å². The Morgan fingerprint density at radius 2 is 1.81 bits per heavy atom. The van der Waals surface area contributed by atoms with Gasteiger partial charge in [0.25, 0.3) is 0 Å². The van der Waals surface area contributed by atoms with Crippen LogP contribution in [-0.2, 0) is 11.3 Å². The number of benzene rings is 2. The van der Waals surface area contributed by atoms with Gasteiger partial charge in [-0.1, -0.05) is 36.4 Å². The fraction of sp³-hybridized carbons (Fsp3) is 0.345. The first-order valence-corrected chi connectivity index (χ1v) is 13.0. The third-order valence-corrected chi connectivity index (χ3v) is 6.72. The smallest absolute Gasteiger partial charge is 0.319 e. The molecular formula is C29H34N6O2. The molecule has 37 heavy (non-hydrogen) atoms. The summed E-state index contributed by atoms with van der Waals surface area (Å²) in [5, 5.41) is 9.14. The minimum Gasteiger partial charge on any atom is -0.494 e. The molecule has 0 saturated carbocycles. The van der Waals surface area contributed by atoms with Gasteiger partial charge in [0.05, 0.1) is 18.6 Å². The Kier molecular flexibility index (Phi) is 8.28. The molecule has 8 nitrogen and oxygen atoms in total. The van der Waals surface area contributed by atoms with Crippen molar-refractivity contribution in [2.75, 3.05) is 36.9 Å². The summed E-state index contributed by atoms with van der Waals surface area (Å²) in [4.78, 5) is 23.8. The predicted octanol–water partition coefficient (Wildman–Crippen LogP) is 4.80. The molecular weight excluding hydrogens is 464 g/mol. The van der Waals surface area contributed by atoms with E-state index in [1.807, 2.05) is 60.7 Å². The Bertz CT molecular complexity index is 1170. The number of nitrogens with one attached hydrogen (secondary N) is 3. The van der Waals surface area contributed by atoms with E-state index < -0.39 is 0 Å². The Morgan fingerprint density at radius 3 is 2.62 bits per heavy atom. The van der Waals surface area contributed by atoms with E-state index in [0.29, 0.717) is 12.2 Å². The number of likely N-dealkylation sites (tertiary alicyclic amines) is 1. The maximum Gasteiger partial charge on any atom is 0.319 e. The monoisotopic (exact) mass is 498 g/mol. The van der Waals surface area contributed by atoms with E-state index in [1.54, 1.807) is 6.34 Å². The molecule has 0 aromatic heterocycles. The summed E-state index contributed by atoms with van der Waals surface area (Å²) in [6.07, 6.45) is 11.5. The minimum atomic E-state index is -0.242. The van der Waals surface area contributed by atoms with Crippen molar-refractivity contribution in [1.29, 1.82) is 0 Å². The second-order valence-corrected chi connectivity index (χ2v) is 9.47. The van der Waals surface area contributed by atoms with Crippen LogP contribution < -0.4 is 16.0 Å². The molecule has 8 heteroatoms. The number of fused-ring (bicyclic) bond motifs is 1. The summed E-state index contributed by atoms with van der Waals surface area (Å²) in [7, 11) is 0. The van der Waals surface area contributed by atoms with Gasteiger partial charge in [0.2, 0.25) is 0 Å². The number of aliphatic imine (C=N–C) groups is 2. The van der Waals surface area contributed by atoms with Crippen LogP contribution in [-0.4, -0.2) is 55.4 Å². The van der Waals surface area contributed by atoms with Crippen molar-refractivity contribution in [3.05, 3.63) is 84.1 Å². The summed E-state index contributed by atoms with van der Waals surface area (Å²) in [5.74, 6) is 1.74. The van der Waals surface area contributed by atoms with Gasteiger partial charge >= 0.3 is 6.03 Å². The van der Waals surface area contributed by atoms with E-state index in [9.17, 15) is 4.79 Å². The molecule has 192 valence electrons. The van der Waals surface area contributed by atoms with Gasteiger partial charge in [-0.05, 0) is 74.3 Å². The fourth-order valence-electron chi connectivity index (χ4n) is 4.72. The van der Waals surface area contributed by atoms with Crippen molar-refractivity contribution >= 4 is 29.6 Å². The second kappa shape index (κ2) is 12.4.